The van der Waals surface area contributed by atoms with Crippen LogP contribution in [0.3, 0.4) is 0 Å². The number of hydrogen-bond donors (Lipinski definition) is 1. The van der Waals surface area contributed by atoms with Gasteiger partial charge in [0, 0.05) is 19.2 Å². The van der Waals surface area contributed by atoms with E-state index in [1.54, 1.807) is 0 Å². The molecule has 1 unspecified atom stereocenters. The van der Waals surface area contributed by atoms with Crippen molar-refractivity contribution in [2.24, 2.45) is 0 Å². The summed E-state index contributed by atoms with van der Waals surface area (Å²) in [6, 6.07) is 10.1. The molecule has 1 N–H and O–H groups in total. The Bertz CT molecular complexity index is 365. The molecule has 1 aliphatic carbocycles. The van der Waals surface area contributed by atoms with Crippen LogP contribution in [-0.4, -0.2) is 19.3 Å². The van der Waals surface area contributed by atoms with Crippen molar-refractivity contribution in [3.63, 3.8) is 0 Å². The van der Waals surface area contributed by atoms with E-state index >= 15 is 0 Å². The summed E-state index contributed by atoms with van der Waals surface area (Å²) in [5.41, 5.74) is 2.75. The monoisotopic (exact) mass is 261 g/mol. The number of aryl methyl sites for hydroxylation is 1. The molecule has 0 saturated heterocycles. The molecule has 2 heteroatoms. The van der Waals surface area contributed by atoms with Gasteiger partial charge in [-0.1, -0.05) is 36.8 Å². The van der Waals surface area contributed by atoms with E-state index in [1.807, 2.05) is 7.11 Å². The highest BCUT2D eigenvalue weighted by Crippen LogP contribution is 2.25. The third kappa shape index (κ3) is 4.05. The van der Waals surface area contributed by atoms with Crippen molar-refractivity contribution < 1.29 is 4.74 Å². The molecular formula is C17H27NO. The van der Waals surface area contributed by atoms with Crippen molar-refractivity contribution in [2.75, 3.05) is 7.11 Å². The fraction of sp³-hybridized carbons (Fsp3) is 0.647. The van der Waals surface area contributed by atoms with Gasteiger partial charge in [0.05, 0.1) is 6.10 Å². The summed E-state index contributed by atoms with van der Waals surface area (Å²) in [6.07, 6.45) is 6.49. The summed E-state index contributed by atoms with van der Waals surface area (Å²) in [4.78, 5) is 0. The highest BCUT2D eigenvalue weighted by molar-refractivity contribution is 5.24. The van der Waals surface area contributed by atoms with Crippen LogP contribution in [0.4, 0.5) is 0 Å². The molecule has 1 atom stereocenters. The van der Waals surface area contributed by atoms with E-state index in [1.165, 1.54) is 36.8 Å². The lowest BCUT2D eigenvalue weighted by molar-refractivity contribution is 0.0610. The third-order valence-electron chi connectivity index (χ3n) is 4.33. The fourth-order valence-corrected chi connectivity index (χ4v) is 3.00. The Morgan fingerprint density at radius 2 is 1.79 bits per heavy atom. The van der Waals surface area contributed by atoms with E-state index in [4.69, 9.17) is 4.74 Å². The van der Waals surface area contributed by atoms with Gasteiger partial charge in [-0.25, -0.2) is 0 Å². The van der Waals surface area contributed by atoms with Crippen molar-refractivity contribution >= 4 is 0 Å². The van der Waals surface area contributed by atoms with E-state index in [0.29, 0.717) is 18.2 Å². The summed E-state index contributed by atoms with van der Waals surface area (Å²) in [7, 11) is 1.83. The Kier molecular flexibility index (Phi) is 5.41. The average molecular weight is 261 g/mol. The predicted octanol–water partition coefficient (Wildman–Crippen LogP) is 3.99. The van der Waals surface area contributed by atoms with Crippen molar-refractivity contribution in [1.82, 2.24) is 5.32 Å². The minimum atomic E-state index is 0.484. The zero-order valence-corrected chi connectivity index (χ0v) is 12.5. The SMILES string of the molecule is CCC(NC1CCC(OC)CC1)c1ccc(C)cc1. The third-order valence-corrected chi connectivity index (χ3v) is 4.33. The second kappa shape index (κ2) is 7.06. The van der Waals surface area contributed by atoms with E-state index < -0.39 is 0 Å². The van der Waals surface area contributed by atoms with Crippen LogP contribution >= 0.6 is 0 Å². The average Bonchev–Trinajstić information content (AvgIpc) is 2.46. The molecule has 1 aromatic carbocycles. The number of methoxy groups -OCH3 is 1. The molecule has 1 aromatic rings. The predicted molar refractivity (Wildman–Crippen MR) is 80.4 cm³/mol. The minimum Gasteiger partial charge on any atom is -0.381 e. The van der Waals surface area contributed by atoms with Gasteiger partial charge >= 0.3 is 0 Å². The number of hydrogen-bond acceptors (Lipinski definition) is 2. The van der Waals surface area contributed by atoms with Crippen LogP contribution in [0.1, 0.15) is 56.2 Å². The van der Waals surface area contributed by atoms with Gasteiger partial charge in [0.1, 0.15) is 0 Å². The second-order valence-electron chi connectivity index (χ2n) is 5.75. The quantitative estimate of drug-likeness (QED) is 0.865. The molecule has 0 bridgehead atoms. The Morgan fingerprint density at radius 3 is 2.32 bits per heavy atom. The molecule has 0 amide bonds. The molecule has 2 rings (SSSR count). The summed E-state index contributed by atoms with van der Waals surface area (Å²) >= 11 is 0. The summed E-state index contributed by atoms with van der Waals surface area (Å²) < 4.78 is 5.44. The van der Waals surface area contributed by atoms with Crippen LogP contribution < -0.4 is 5.32 Å². The Labute approximate surface area is 117 Å². The van der Waals surface area contributed by atoms with E-state index in [9.17, 15) is 0 Å². The van der Waals surface area contributed by atoms with Crippen LogP contribution in [0, 0.1) is 6.92 Å². The highest BCUT2D eigenvalue weighted by atomic mass is 16.5. The first-order valence-electron chi connectivity index (χ1n) is 7.58. The van der Waals surface area contributed by atoms with Gasteiger partial charge in [0.25, 0.3) is 0 Å². The molecule has 106 valence electrons. The maximum atomic E-state index is 5.44. The Balaban J connectivity index is 1.91. The van der Waals surface area contributed by atoms with Gasteiger partial charge in [0.15, 0.2) is 0 Å². The molecule has 1 saturated carbocycles. The lowest BCUT2D eigenvalue weighted by Gasteiger charge is -2.31. The van der Waals surface area contributed by atoms with Crippen molar-refractivity contribution in [3.8, 4) is 0 Å². The van der Waals surface area contributed by atoms with Crippen LogP contribution in [0.25, 0.3) is 0 Å². The molecule has 0 radical (unpaired) electrons. The number of benzene rings is 1. The van der Waals surface area contributed by atoms with Crippen LogP contribution in [-0.2, 0) is 4.74 Å². The second-order valence-corrected chi connectivity index (χ2v) is 5.75. The molecule has 19 heavy (non-hydrogen) atoms. The lowest BCUT2D eigenvalue weighted by Crippen LogP contribution is -2.37. The summed E-state index contributed by atoms with van der Waals surface area (Å²) in [5.74, 6) is 0. The number of ether oxygens (including phenoxy) is 1. The zero-order valence-electron chi connectivity index (χ0n) is 12.5. The Hall–Kier alpha value is -0.860. The van der Waals surface area contributed by atoms with Gasteiger partial charge in [-0.05, 0) is 44.6 Å². The van der Waals surface area contributed by atoms with Gasteiger partial charge in [0.2, 0.25) is 0 Å². The molecule has 2 nitrogen and oxygen atoms in total. The first-order valence-corrected chi connectivity index (χ1v) is 7.58. The molecule has 1 fully saturated rings. The van der Waals surface area contributed by atoms with E-state index in [2.05, 4.69) is 43.4 Å². The maximum Gasteiger partial charge on any atom is 0.0572 e. The van der Waals surface area contributed by atoms with Crippen LogP contribution in [0.2, 0.25) is 0 Å². The van der Waals surface area contributed by atoms with Crippen LogP contribution in [0.15, 0.2) is 24.3 Å². The van der Waals surface area contributed by atoms with Gasteiger partial charge in [-0.2, -0.15) is 0 Å². The first-order chi connectivity index (χ1) is 9.22. The molecular weight excluding hydrogens is 234 g/mol. The highest BCUT2D eigenvalue weighted by Gasteiger charge is 2.22. The summed E-state index contributed by atoms with van der Waals surface area (Å²) in [5, 5.41) is 3.83. The largest absolute Gasteiger partial charge is 0.381 e. The first kappa shape index (κ1) is 14.5. The molecule has 1 aliphatic rings. The van der Waals surface area contributed by atoms with Crippen LogP contribution in [0.5, 0.6) is 0 Å². The minimum absolute atomic E-state index is 0.484. The zero-order chi connectivity index (χ0) is 13.7. The number of nitrogens with one attached hydrogen (secondary N) is 1. The lowest BCUT2D eigenvalue weighted by atomic mass is 9.91. The van der Waals surface area contributed by atoms with Gasteiger partial charge < -0.3 is 10.1 Å². The van der Waals surface area contributed by atoms with E-state index in [0.717, 1.165) is 6.42 Å². The molecule has 0 spiro atoms. The fourth-order valence-electron chi connectivity index (χ4n) is 3.00. The van der Waals surface area contributed by atoms with Crippen molar-refractivity contribution in [2.45, 2.75) is 64.1 Å². The summed E-state index contributed by atoms with van der Waals surface area (Å²) in [6.45, 7) is 4.41. The van der Waals surface area contributed by atoms with Gasteiger partial charge in [-0.3, -0.25) is 0 Å². The van der Waals surface area contributed by atoms with Gasteiger partial charge in [-0.15, -0.1) is 0 Å². The normalized spacial score (nSPS) is 25.2. The standard InChI is InChI=1S/C17H27NO/c1-4-17(14-7-5-13(2)6-8-14)18-15-9-11-16(19-3)12-10-15/h5-8,15-18H,4,9-12H2,1-3H3. The molecule has 0 heterocycles. The smallest absolute Gasteiger partial charge is 0.0572 e. The van der Waals surface area contributed by atoms with E-state index in [-0.39, 0.29) is 0 Å². The van der Waals surface area contributed by atoms with Crippen molar-refractivity contribution in [3.05, 3.63) is 35.4 Å². The Morgan fingerprint density at radius 1 is 1.16 bits per heavy atom. The molecule has 0 aliphatic heterocycles. The molecule has 0 aromatic heterocycles. The van der Waals surface area contributed by atoms with Crippen molar-refractivity contribution in [1.29, 1.82) is 0 Å². The topological polar surface area (TPSA) is 21.3 Å². The number of rotatable bonds is 5. The maximum absolute atomic E-state index is 5.44.